The third-order valence-electron chi connectivity index (χ3n) is 1.66. The zero-order chi connectivity index (χ0) is 14.0. The molecule has 5 nitrogen and oxygen atoms in total. The predicted molar refractivity (Wildman–Crippen MR) is 72.9 cm³/mol. The molecule has 102 valence electrons. The van der Waals surface area contributed by atoms with Crippen LogP contribution in [0.4, 0.5) is 4.79 Å². The number of alkyl halides is 3. The van der Waals surface area contributed by atoms with Gasteiger partial charge in [-0.25, -0.2) is 4.79 Å². The van der Waals surface area contributed by atoms with Gasteiger partial charge in [0, 0.05) is 5.41 Å². The van der Waals surface area contributed by atoms with E-state index in [2.05, 4.69) is 15.5 Å². The van der Waals surface area contributed by atoms with Crippen molar-refractivity contribution >= 4 is 52.2 Å². The van der Waals surface area contributed by atoms with Crippen LogP contribution in [0.15, 0.2) is 0 Å². The summed E-state index contributed by atoms with van der Waals surface area (Å²) in [6, 6.07) is 0. The molecule has 0 atom stereocenters. The second-order valence-electron chi connectivity index (χ2n) is 4.48. The average Bonchev–Trinajstić information content (AvgIpc) is 2.61. The van der Waals surface area contributed by atoms with Crippen LogP contribution in [0.2, 0.25) is 0 Å². The van der Waals surface area contributed by atoms with E-state index in [1.807, 2.05) is 20.8 Å². The van der Waals surface area contributed by atoms with Crippen molar-refractivity contribution in [1.82, 2.24) is 15.5 Å². The van der Waals surface area contributed by atoms with Crippen LogP contribution < -0.4 is 10.1 Å². The minimum Gasteiger partial charge on any atom is -0.380 e. The average molecular weight is 333 g/mol. The SMILES string of the molecule is CC(C)(C)c1nnc(OC(=O)NCC(Cl)(Cl)Cl)s1. The lowest BCUT2D eigenvalue weighted by Crippen LogP contribution is -2.34. The third kappa shape index (κ3) is 5.56. The number of hydrogen-bond donors (Lipinski definition) is 1. The fraction of sp³-hybridized carbons (Fsp3) is 0.667. The van der Waals surface area contributed by atoms with Gasteiger partial charge >= 0.3 is 11.3 Å². The molecule has 1 aromatic rings. The fourth-order valence-electron chi connectivity index (χ4n) is 0.842. The van der Waals surface area contributed by atoms with Gasteiger partial charge < -0.3 is 10.1 Å². The number of nitrogens with one attached hydrogen (secondary N) is 1. The van der Waals surface area contributed by atoms with E-state index >= 15 is 0 Å². The monoisotopic (exact) mass is 331 g/mol. The first-order valence-electron chi connectivity index (χ1n) is 4.94. The quantitative estimate of drug-likeness (QED) is 0.844. The van der Waals surface area contributed by atoms with Gasteiger partial charge in [-0.1, -0.05) is 72.0 Å². The maximum atomic E-state index is 11.3. The van der Waals surface area contributed by atoms with Crippen molar-refractivity contribution in [2.45, 2.75) is 30.0 Å². The largest absolute Gasteiger partial charge is 0.414 e. The van der Waals surface area contributed by atoms with Gasteiger partial charge in [-0.15, -0.1) is 5.10 Å². The van der Waals surface area contributed by atoms with Crippen molar-refractivity contribution in [3.05, 3.63) is 5.01 Å². The smallest absolute Gasteiger partial charge is 0.380 e. The zero-order valence-corrected chi connectivity index (χ0v) is 13.0. The summed E-state index contributed by atoms with van der Waals surface area (Å²) >= 11 is 17.6. The second-order valence-corrected chi connectivity index (χ2v) is 7.94. The number of hydrogen-bond acceptors (Lipinski definition) is 5. The molecular formula is C9H12Cl3N3O2S. The Morgan fingerprint density at radius 3 is 2.39 bits per heavy atom. The van der Waals surface area contributed by atoms with E-state index in [4.69, 9.17) is 39.5 Å². The van der Waals surface area contributed by atoms with Gasteiger partial charge in [0.05, 0.1) is 6.54 Å². The Kier molecular flexibility index (Phi) is 5.05. The Balaban J connectivity index is 2.53. The van der Waals surface area contributed by atoms with E-state index in [-0.39, 0.29) is 17.2 Å². The number of amides is 1. The molecule has 0 bridgehead atoms. The van der Waals surface area contributed by atoms with Crippen molar-refractivity contribution in [3.63, 3.8) is 0 Å². The minimum absolute atomic E-state index is 0.146. The Hall–Kier alpha value is -0.300. The number of rotatable bonds is 2. The lowest BCUT2D eigenvalue weighted by molar-refractivity contribution is 0.200. The molecular weight excluding hydrogens is 321 g/mol. The van der Waals surface area contributed by atoms with Crippen LogP contribution in [0.25, 0.3) is 0 Å². The van der Waals surface area contributed by atoms with Crippen molar-refractivity contribution < 1.29 is 9.53 Å². The van der Waals surface area contributed by atoms with E-state index in [1.165, 1.54) is 11.3 Å². The van der Waals surface area contributed by atoms with Crippen LogP contribution in [0.5, 0.6) is 5.19 Å². The van der Waals surface area contributed by atoms with Crippen molar-refractivity contribution in [1.29, 1.82) is 0 Å². The molecule has 0 fully saturated rings. The highest BCUT2D eigenvalue weighted by molar-refractivity contribution is 7.13. The molecule has 9 heteroatoms. The molecule has 0 saturated heterocycles. The van der Waals surface area contributed by atoms with E-state index in [1.54, 1.807) is 0 Å². The Morgan fingerprint density at radius 2 is 1.94 bits per heavy atom. The molecule has 0 radical (unpaired) electrons. The van der Waals surface area contributed by atoms with Crippen molar-refractivity contribution in [2.24, 2.45) is 0 Å². The topological polar surface area (TPSA) is 64.1 Å². The highest BCUT2D eigenvalue weighted by Gasteiger charge is 2.23. The first kappa shape index (κ1) is 15.8. The molecule has 1 aromatic heterocycles. The summed E-state index contributed by atoms with van der Waals surface area (Å²) in [6.45, 7) is 5.81. The highest BCUT2D eigenvalue weighted by atomic mass is 35.6. The van der Waals surface area contributed by atoms with Gasteiger partial charge in [0.1, 0.15) is 5.01 Å². The lowest BCUT2D eigenvalue weighted by Gasteiger charge is -2.12. The first-order valence-corrected chi connectivity index (χ1v) is 6.89. The van der Waals surface area contributed by atoms with Gasteiger partial charge in [-0.05, 0) is 0 Å². The van der Waals surface area contributed by atoms with Gasteiger partial charge in [0.2, 0.25) is 3.79 Å². The molecule has 1 N–H and O–H groups in total. The van der Waals surface area contributed by atoms with Crippen molar-refractivity contribution in [2.75, 3.05) is 6.54 Å². The van der Waals surface area contributed by atoms with E-state index < -0.39 is 9.89 Å². The molecule has 0 unspecified atom stereocenters. The predicted octanol–water partition coefficient (Wildman–Crippen LogP) is 3.29. The third-order valence-corrected chi connectivity index (χ3v) is 3.29. The number of halogens is 3. The van der Waals surface area contributed by atoms with Gasteiger partial charge in [-0.2, -0.15) is 0 Å². The summed E-state index contributed by atoms with van der Waals surface area (Å²) in [5.41, 5.74) is -0.146. The van der Waals surface area contributed by atoms with E-state index in [9.17, 15) is 4.79 Å². The van der Waals surface area contributed by atoms with Crippen LogP contribution in [0, 0.1) is 0 Å². The maximum Gasteiger partial charge on any atom is 0.414 e. The molecule has 0 aliphatic heterocycles. The molecule has 0 spiro atoms. The lowest BCUT2D eigenvalue weighted by atomic mass is 9.98. The Bertz CT molecular complexity index is 425. The van der Waals surface area contributed by atoms with Crippen LogP contribution in [0.1, 0.15) is 25.8 Å². The van der Waals surface area contributed by atoms with Crippen LogP contribution in [-0.2, 0) is 5.41 Å². The van der Waals surface area contributed by atoms with Gasteiger partial charge in [-0.3, -0.25) is 0 Å². The summed E-state index contributed by atoms with van der Waals surface area (Å²) in [4.78, 5) is 11.3. The zero-order valence-electron chi connectivity index (χ0n) is 9.96. The number of carbonyl (C=O) groups is 1. The van der Waals surface area contributed by atoms with Crippen LogP contribution in [-0.4, -0.2) is 26.6 Å². The molecule has 1 rings (SSSR count). The summed E-state index contributed by atoms with van der Waals surface area (Å²) in [7, 11) is 0. The minimum atomic E-state index is -1.56. The van der Waals surface area contributed by atoms with Gasteiger partial charge in [0.25, 0.3) is 0 Å². The molecule has 0 aliphatic rings. The van der Waals surface area contributed by atoms with E-state index in [0.717, 1.165) is 5.01 Å². The summed E-state index contributed by atoms with van der Waals surface area (Å²) in [5, 5.41) is 10.9. The maximum absolute atomic E-state index is 11.3. The molecule has 1 amide bonds. The standard InChI is InChI=1S/C9H12Cl3N3O2S/c1-8(2,3)5-14-15-7(18-5)17-6(16)13-4-9(10,11)12/h4H2,1-3H3,(H,13,16). The number of nitrogens with zero attached hydrogens (tertiary/aromatic N) is 2. The molecule has 0 aliphatic carbocycles. The normalized spacial score (nSPS) is 12.3. The van der Waals surface area contributed by atoms with Gasteiger partial charge in [0.15, 0.2) is 0 Å². The number of aromatic nitrogens is 2. The first-order chi connectivity index (χ1) is 8.08. The number of carbonyl (C=O) groups excluding carboxylic acids is 1. The summed E-state index contributed by atoms with van der Waals surface area (Å²) in [5.74, 6) is 0. The molecule has 0 aromatic carbocycles. The number of ether oxygens (including phenoxy) is 1. The Morgan fingerprint density at radius 1 is 1.33 bits per heavy atom. The summed E-state index contributed by atoms with van der Waals surface area (Å²) < 4.78 is 3.35. The molecule has 18 heavy (non-hydrogen) atoms. The van der Waals surface area contributed by atoms with Crippen LogP contribution >= 0.6 is 46.1 Å². The van der Waals surface area contributed by atoms with E-state index in [0.29, 0.717) is 0 Å². The molecule has 1 heterocycles. The van der Waals surface area contributed by atoms with Crippen LogP contribution in [0.3, 0.4) is 0 Å². The molecule has 0 saturated carbocycles. The summed E-state index contributed by atoms with van der Waals surface area (Å²) in [6.07, 6.45) is -0.738. The second kappa shape index (κ2) is 5.77. The highest BCUT2D eigenvalue weighted by Crippen LogP contribution is 2.29. The van der Waals surface area contributed by atoms with Crippen molar-refractivity contribution in [3.8, 4) is 5.19 Å². The Labute approximate surface area is 124 Å². The fourth-order valence-corrected chi connectivity index (χ4v) is 1.79.